The molecular weight excluding hydrogens is 284 g/mol. The second-order valence-electron chi connectivity index (χ2n) is 5.81. The van der Waals surface area contributed by atoms with Gasteiger partial charge >= 0.3 is 11.9 Å². The number of carbonyl (C=O) groups is 2. The van der Waals surface area contributed by atoms with Crippen LogP contribution < -0.4 is 0 Å². The van der Waals surface area contributed by atoms with Crippen LogP contribution in [0.1, 0.15) is 71.1 Å². The first-order valence-electron chi connectivity index (χ1n) is 8.65. The van der Waals surface area contributed by atoms with Crippen molar-refractivity contribution in [1.82, 2.24) is 0 Å². The first-order valence-corrected chi connectivity index (χ1v) is 8.65. The van der Waals surface area contributed by atoms with Gasteiger partial charge in [-0.15, -0.1) is 0 Å². The molecule has 1 aliphatic rings. The third-order valence-corrected chi connectivity index (χ3v) is 3.73. The van der Waals surface area contributed by atoms with Crippen molar-refractivity contribution >= 4 is 11.9 Å². The van der Waals surface area contributed by atoms with Gasteiger partial charge in [-0.25, -0.2) is 0 Å². The predicted molar refractivity (Wildman–Crippen MR) is 83.5 cm³/mol. The molecule has 5 nitrogen and oxygen atoms in total. The minimum Gasteiger partial charge on any atom is -0.466 e. The molecule has 0 N–H and O–H groups in total. The fraction of sp³-hybridized carbons (Fsp3) is 0.882. The number of esters is 2. The first-order chi connectivity index (χ1) is 10.7. The molecule has 1 saturated heterocycles. The molecule has 1 fully saturated rings. The number of carbonyl (C=O) groups excluding carboxylic acids is 2. The topological polar surface area (TPSA) is 61.8 Å². The summed E-state index contributed by atoms with van der Waals surface area (Å²) in [6, 6.07) is 0. The van der Waals surface area contributed by atoms with E-state index in [1.54, 1.807) is 0 Å². The highest BCUT2D eigenvalue weighted by atomic mass is 16.6. The van der Waals surface area contributed by atoms with E-state index in [2.05, 4.69) is 6.92 Å². The molecule has 1 rings (SSSR count). The lowest BCUT2D eigenvalue weighted by Crippen LogP contribution is -2.17. The summed E-state index contributed by atoms with van der Waals surface area (Å²) in [5.74, 6) is -0.481. The highest BCUT2D eigenvalue weighted by Gasteiger charge is 2.17. The molecule has 0 aromatic rings. The van der Waals surface area contributed by atoms with Gasteiger partial charge in [0.1, 0.15) is 6.61 Å². The number of rotatable bonds is 12. The van der Waals surface area contributed by atoms with E-state index in [1.165, 1.54) is 19.3 Å². The maximum atomic E-state index is 11.5. The van der Waals surface area contributed by atoms with Crippen LogP contribution in [0.3, 0.4) is 0 Å². The molecule has 0 amide bonds. The van der Waals surface area contributed by atoms with Gasteiger partial charge in [-0.05, 0) is 25.7 Å². The van der Waals surface area contributed by atoms with Gasteiger partial charge in [-0.3, -0.25) is 9.59 Å². The zero-order valence-corrected chi connectivity index (χ0v) is 13.8. The molecule has 22 heavy (non-hydrogen) atoms. The zero-order valence-electron chi connectivity index (χ0n) is 13.8. The van der Waals surface area contributed by atoms with Gasteiger partial charge < -0.3 is 14.2 Å². The SMILES string of the molecule is CCCCCCCOC(=O)CCCC(=O)OCC1CCCO1. The van der Waals surface area contributed by atoms with E-state index < -0.39 is 0 Å². The summed E-state index contributed by atoms with van der Waals surface area (Å²) in [6.45, 7) is 3.76. The average Bonchev–Trinajstić information content (AvgIpc) is 3.02. The average molecular weight is 314 g/mol. The summed E-state index contributed by atoms with van der Waals surface area (Å²) in [7, 11) is 0. The summed E-state index contributed by atoms with van der Waals surface area (Å²) < 4.78 is 15.6. The lowest BCUT2D eigenvalue weighted by molar-refractivity contribution is -0.147. The van der Waals surface area contributed by atoms with Crippen molar-refractivity contribution in [1.29, 1.82) is 0 Å². The zero-order chi connectivity index (χ0) is 16.0. The molecule has 0 spiro atoms. The van der Waals surface area contributed by atoms with Crippen molar-refractivity contribution in [3.8, 4) is 0 Å². The van der Waals surface area contributed by atoms with Crippen LogP contribution in [0.4, 0.5) is 0 Å². The highest BCUT2D eigenvalue weighted by Crippen LogP contribution is 2.12. The molecule has 0 bridgehead atoms. The molecule has 0 aromatic heterocycles. The second-order valence-corrected chi connectivity index (χ2v) is 5.81. The van der Waals surface area contributed by atoms with Crippen LogP contribution in [0.2, 0.25) is 0 Å². The third-order valence-electron chi connectivity index (χ3n) is 3.73. The predicted octanol–water partition coefficient (Wildman–Crippen LogP) is 3.39. The minimum absolute atomic E-state index is 0.0571. The van der Waals surface area contributed by atoms with Gasteiger partial charge in [0.25, 0.3) is 0 Å². The molecule has 0 saturated carbocycles. The third kappa shape index (κ3) is 9.77. The van der Waals surface area contributed by atoms with Crippen LogP contribution in [-0.2, 0) is 23.8 Å². The van der Waals surface area contributed by atoms with Crippen molar-refractivity contribution < 1.29 is 23.8 Å². The van der Waals surface area contributed by atoms with Crippen LogP contribution >= 0.6 is 0 Å². The van der Waals surface area contributed by atoms with Crippen molar-refractivity contribution in [2.24, 2.45) is 0 Å². The van der Waals surface area contributed by atoms with Crippen LogP contribution in [0.5, 0.6) is 0 Å². The van der Waals surface area contributed by atoms with Crippen molar-refractivity contribution in [2.45, 2.75) is 77.2 Å². The van der Waals surface area contributed by atoms with Gasteiger partial charge in [0.15, 0.2) is 0 Å². The Kier molecular flexibility index (Phi) is 10.7. The van der Waals surface area contributed by atoms with E-state index in [4.69, 9.17) is 14.2 Å². The van der Waals surface area contributed by atoms with E-state index in [-0.39, 0.29) is 30.9 Å². The Bertz CT molecular complexity index is 310. The monoisotopic (exact) mass is 314 g/mol. The first kappa shape index (κ1) is 18.9. The summed E-state index contributed by atoms with van der Waals surface area (Å²) in [6.07, 6.45) is 8.76. The van der Waals surface area contributed by atoms with Crippen LogP contribution in [0.25, 0.3) is 0 Å². The fourth-order valence-electron chi connectivity index (χ4n) is 2.37. The summed E-state index contributed by atoms with van der Waals surface area (Å²) in [5.41, 5.74) is 0. The quantitative estimate of drug-likeness (QED) is 0.408. The van der Waals surface area contributed by atoms with E-state index in [1.807, 2.05) is 0 Å². The minimum atomic E-state index is -0.261. The Morgan fingerprint density at radius 2 is 1.73 bits per heavy atom. The summed E-state index contributed by atoms with van der Waals surface area (Å²) in [4.78, 5) is 23.0. The lowest BCUT2D eigenvalue weighted by Gasteiger charge is -2.10. The number of unbranched alkanes of at least 4 members (excludes halogenated alkanes) is 4. The van der Waals surface area contributed by atoms with Gasteiger partial charge in [0.05, 0.1) is 12.7 Å². The largest absolute Gasteiger partial charge is 0.466 e. The Morgan fingerprint density at radius 1 is 1.00 bits per heavy atom. The fourth-order valence-corrected chi connectivity index (χ4v) is 2.37. The van der Waals surface area contributed by atoms with E-state index >= 15 is 0 Å². The molecular formula is C17H30O5. The second kappa shape index (κ2) is 12.4. The van der Waals surface area contributed by atoms with E-state index in [0.29, 0.717) is 19.6 Å². The number of hydrogen-bond donors (Lipinski definition) is 0. The molecule has 1 heterocycles. The lowest BCUT2D eigenvalue weighted by atomic mass is 10.2. The molecule has 1 atom stereocenters. The Morgan fingerprint density at radius 3 is 2.41 bits per heavy atom. The van der Waals surface area contributed by atoms with Crippen molar-refractivity contribution in [2.75, 3.05) is 19.8 Å². The molecule has 1 aliphatic heterocycles. The maximum Gasteiger partial charge on any atom is 0.305 e. The molecule has 1 unspecified atom stereocenters. The van der Waals surface area contributed by atoms with Gasteiger partial charge in [0, 0.05) is 19.4 Å². The van der Waals surface area contributed by atoms with E-state index in [0.717, 1.165) is 32.3 Å². The van der Waals surface area contributed by atoms with Crippen molar-refractivity contribution in [3.05, 3.63) is 0 Å². The Balaban J connectivity index is 1.89. The molecule has 0 aliphatic carbocycles. The molecule has 0 radical (unpaired) electrons. The Labute approximate surface area is 133 Å². The summed E-state index contributed by atoms with van der Waals surface area (Å²) >= 11 is 0. The standard InChI is InChI=1S/C17H30O5/c1-2-3-4-5-6-12-21-16(18)10-7-11-17(19)22-14-15-9-8-13-20-15/h15H,2-14H2,1H3. The number of ether oxygens (including phenoxy) is 3. The smallest absolute Gasteiger partial charge is 0.305 e. The van der Waals surface area contributed by atoms with E-state index in [9.17, 15) is 9.59 Å². The maximum absolute atomic E-state index is 11.5. The molecule has 128 valence electrons. The van der Waals surface area contributed by atoms with Gasteiger partial charge in [0.2, 0.25) is 0 Å². The van der Waals surface area contributed by atoms with Gasteiger partial charge in [-0.1, -0.05) is 32.6 Å². The van der Waals surface area contributed by atoms with Gasteiger partial charge in [-0.2, -0.15) is 0 Å². The normalized spacial score (nSPS) is 17.4. The summed E-state index contributed by atoms with van der Waals surface area (Å²) in [5, 5.41) is 0. The van der Waals surface area contributed by atoms with Crippen LogP contribution in [0.15, 0.2) is 0 Å². The van der Waals surface area contributed by atoms with Crippen molar-refractivity contribution in [3.63, 3.8) is 0 Å². The molecule has 5 heteroatoms. The highest BCUT2D eigenvalue weighted by molar-refractivity contribution is 5.72. The number of hydrogen-bond acceptors (Lipinski definition) is 5. The van der Waals surface area contributed by atoms with Crippen LogP contribution in [-0.4, -0.2) is 37.9 Å². The van der Waals surface area contributed by atoms with Crippen LogP contribution in [0, 0.1) is 0 Å². The molecule has 0 aromatic carbocycles. The Hall–Kier alpha value is -1.10.